The van der Waals surface area contributed by atoms with Crippen LogP contribution in [0.5, 0.6) is 0 Å². The molecule has 11 aromatic carbocycles. The largest absolute Gasteiger partial charge is 0.308 e. The first-order valence-electron chi connectivity index (χ1n) is 22.3. The van der Waals surface area contributed by atoms with Gasteiger partial charge < -0.3 is 9.47 Å². The van der Waals surface area contributed by atoms with E-state index < -0.39 is 0 Å². The van der Waals surface area contributed by atoms with Crippen molar-refractivity contribution in [2.45, 2.75) is 0 Å². The van der Waals surface area contributed by atoms with Crippen LogP contribution in [0.25, 0.3) is 103 Å². The normalized spacial score (nSPS) is 11.7. The second-order valence-corrected chi connectivity index (χ2v) is 17.9. The average Bonchev–Trinajstić information content (AvgIpc) is 3.94. The molecule has 0 bridgehead atoms. The third-order valence-corrected chi connectivity index (χ3v) is 14.3. The Balaban J connectivity index is 1.08. The Morgan fingerprint density at radius 2 is 0.908 bits per heavy atom. The molecule has 65 heavy (non-hydrogen) atoms. The van der Waals surface area contributed by atoms with Crippen molar-refractivity contribution in [2.24, 2.45) is 0 Å². The highest BCUT2D eigenvalue weighted by Crippen LogP contribution is 2.48. The van der Waals surface area contributed by atoms with Crippen molar-refractivity contribution in [1.82, 2.24) is 4.57 Å². The summed E-state index contributed by atoms with van der Waals surface area (Å²) in [5.41, 5.74) is 14.0. The molecule has 0 fully saturated rings. The number of nitrogens with zero attached hydrogens (tertiary/aromatic N) is 2. The van der Waals surface area contributed by atoms with E-state index in [9.17, 15) is 0 Å². The number of para-hydroxylation sites is 2. The fourth-order valence-electron chi connectivity index (χ4n) is 10.3. The first kappa shape index (κ1) is 37.3. The van der Waals surface area contributed by atoms with Crippen LogP contribution in [-0.4, -0.2) is 4.57 Å². The molecule has 0 aliphatic rings. The summed E-state index contributed by atoms with van der Waals surface area (Å²) in [4.78, 5) is 2.49. The number of thiophene rings is 1. The zero-order valence-electron chi connectivity index (χ0n) is 35.4. The second-order valence-electron chi connectivity index (χ2n) is 16.8. The molecule has 0 saturated carbocycles. The van der Waals surface area contributed by atoms with Gasteiger partial charge in [-0.25, -0.2) is 0 Å². The summed E-state index contributed by atoms with van der Waals surface area (Å²) in [6.45, 7) is 0. The van der Waals surface area contributed by atoms with Crippen molar-refractivity contribution in [2.75, 3.05) is 4.90 Å². The van der Waals surface area contributed by atoms with Crippen LogP contribution in [0.1, 0.15) is 0 Å². The average molecular weight is 845 g/mol. The highest BCUT2D eigenvalue weighted by molar-refractivity contribution is 7.25. The van der Waals surface area contributed by atoms with Crippen molar-refractivity contribution < 1.29 is 0 Å². The van der Waals surface area contributed by atoms with Crippen LogP contribution < -0.4 is 4.90 Å². The lowest BCUT2D eigenvalue weighted by Gasteiger charge is -2.28. The van der Waals surface area contributed by atoms with Crippen LogP contribution in [0.2, 0.25) is 0 Å². The number of anilines is 3. The van der Waals surface area contributed by atoms with E-state index in [-0.39, 0.29) is 0 Å². The summed E-state index contributed by atoms with van der Waals surface area (Å²) in [5.74, 6) is 0. The maximum absolute atomic E-state index is 2.49. The molecule has 2 heterocycles. The quantitative estimate of drug-likeness (QED) is 0.155. The topological polar surface area (TPSA) is 8.17 Å². The third kappa shape index (κ3) is 6.08. The molecule has 304 valence electrons. The van der Waals surface area contributed by atoms with Gasteiger partial charge in [-0.2, -0.15) is 0 Å². The minimum absolute atomic E-state index is 1.08. The highest BCUT2D eigenvalue weighted by Gasteiger charge is 2.25. The van der Waals surface area contributed by atoms with Crippen LogP contribution in [0, 0.1) is 0 Å². The molecule has 0 aliphatic carbocycles. The van der Waals surface area contributed by atoms with Crippen molar-refractivity contribution in [3.8, 4) is 39.1 Å². The SMILES string of the molecule is c1ccc(-c2cccc3cccc(-c4ccc(N(c5cccc(-c6cccc7sc8ccccc8c67)c5)c5cc6ccccc6c6c7ccccc7n(-c7ccccc7)c56)cc4)c23)cc1. The van der Waals surface area contributed by atoms with Gasteiger partial charge in [0, 0.05) is 48.0 Å². The number of aromatic nitrogens is 1. The van der Waals surface area contributed by atoms with E-state index in [4.69, 9.17) is 0 Å². The highest BCUT2D eigenvalue weighted by atomic mass is 32.1. The van der Waals surface area contributed by atoms with E-state index in [0.29, 0.717) is 0 Å². The van der Waals surface area contributed by atoms with E-state index in [1.165, 1.54) is 91.4 Å². The Morgan fingerprint density at radius 1 is 0.338 bits per heavy atom. The van der Waals surface area contributed by atoms with Gasteiger partial charge in [0.05, 0.1) is 16.7 Å². The molecule has 0 atom stereocenters. The molecule has 13 aromatic rings. The predicted octanol–water partition coefficient (Wildman–Crippen LogP) is 17.9. The first-order valence-corrected chi connectivity index (χ1v) is 23.1. The molecule has 2 aromatic heterocycles. The molecular weight excluding hydrogens is 805 g/mol. The number of hydrogen-bond donors (Lipinski definition) is 0. The standard InChI is InChI=1S/C62H40N2S/c1-3-17-41(18-4-1)49-29-14-20-43-21-15-30-50(59(43)49)42-35-37-47(38-36-42)63(48-25-13-22-44(39-48)51-31-16-34-58-60(51)54-28-10-12-33-57(54)65-58)56-40-45-19-7-8-26-52(45)61-53-27-9-11-32-55(53)64(62(56)61)46-23-5-2-6-24-46/h1-40H. The molecule has 0 saturated heterocycles. The molecule has 0 spiro atoms. The third-order valence-electron chi connectivity index (χ3n) is 13.1. The lowest BCUT2D eigenvalue weighted by atomic mass is 9.91. The molecular formula is C62H40N2S. The number of rotatable bonds is 7. The summed E-state index contributed by atoms with van der Waals surface area (Å²) in [7, 11) is 0. The fraction of sp³-hybridized carbons (Fsp3) is 0. The Bertz CT molecular complexity index is 3930. The van der Waals surface area contributed by atoms with Gasteiger partial charge in [0.2, 0.25) is 0 Å². The van der Waals surface area contributed by atoms with Crippen molar-refractivity contribution in [3.63, 3.8) is 0 Å². The Morgan fingerprint density at radius 3 is 1.69 bits per heavy atom. The number of fused-ring (bicyclic) bond motifs is 9. The number of benzene rings is 11. The van der Waals surface area contributed by atoms with Gasteiger partial charge in [-0.15, -0.1) is 11.3 Å². The smallest absolute Gasteiger partial charge is 0.0788 e. The summed E-state index contributed by atoms with van der Waals surface area (Å²) in [6.07, 6.45) is 0. The Labute approximate surface area is 381 Å². The molecule has 3 heteroatoms. The van der Waals surface area contributed by atoms with Crippen LogP contribution >= 0.6 is 11.3 Å². The Hall–Kier alpha value is -8.24. The summed E-state index contributed by atoms with van der Waals surface area (Å²) < 4.78 is 5.08. The first-order chi connectivity index (χ1) is 32.3. The second kappa shape index (κ2) is 15.2. The molecule has 13 rings (SSSR count). The minimum Gasteiger partial charge on any atom is -0.308 e. The molecule has 0 radical (unpaired) electrons. The van der Waals surface area contributed by atoms with Crippen LogP contribution in [0.15, 0.2) is 243 Å². The molecule has 0 aliphatic heterocycles. The van der Waals surface area contributed by atoms with Gasteiger partial charge in [0.1, 0.15) is 0 Å². The van der Waals surface area contributed by atoms with Gasteiger partial charge in [-0.3, -0.25) is 0 Å². The predicted molar refractivity (Wildman–Crippen MR) is 280 cm³/mol. The van der Waals surface area contributed by atoms with Gasteiger partial charge in [0.15, 0.2) is 0 Å². The zero-order valence-corrected chi connectivity index (χ0v) is 36.2. The van der Waals surface area contributed by atoms with Crippen molar-refractivity contribution >= 4 is 91.9 Å². The van der Waals surface area contributed by atoms with Gasteiger partial charge in [-0.1, -0.05) is 182 Å². The van der Waals surface area contributed by atoms with E-state index in [1.54, 1.807) is 0 Å². The summed E-state index contributed by atoms with van der Waals surface area (Å²) in [6, 6.07) is 89.0. The van der Waals surface area contributed by atoms with E-state index >= 15 is 0 Å². The summed E-state index contributed by atoms with van der Waals surface area (Å²) >= 11 is 1.87. The van der Waals surface area contributed by atoms with E-state index in [2.05, 4.69) is 252 Å². The van der Waals surface area contributed by atoms with E-state index in [1.807, 2.05) is 11.3 Å². The Kier molecular flexibility index (Phi) is 8.75. The monoisotopic (exact) mass is 844 g/mol. The fourth-order valence-corrected chi connectivity index (χ4v) is 11.5. The molecule has 2 nitrogen and oxygen atoms in total. The lowest BCUT2D eigenvalue weighted by Crippen LogP contribution is -2.12. The lowest BCUT2D eigenvalue weighted by molar-refractivity contribution is 1.17. The van der Waals surface area contributed by atoms with Crippen LogP contribution in [-0.2, 0) is 0 Å². The van der Waals surface area contributed by atoms with Crippen LogP contribution in [0.4, 0.5) is 17.1 Å². The zero-order chi connectivity index (χ0) is 42.8. The number of hydrogen-bond acceptors (Lipinski definition) is 2. The maximum Gasteiger partial charge on any atom is 0.0788 e. The van der Waals surface area contributed by atoms with Crippen LogP contribution in [0.3, 0.4) is 0 Å². The van der Waals surface area contributed by atoms with Gasteiger partial charge in [-0.05, 0) is 116 Å². The molecule has 0 amide bonds. The van der Waals surface area contributed by atoms with Gasteiger partial charge in [0.25, 0.3) is 0 Å². The van der Waals surface area contributed by atoms with Crippen molar-refractivity contribution in [3.05, 3.63) is 243 Å². The van der Waals surface area contributed by atoms with E-state index in [0.717, 1.165) is 28.3 Å². The van der Waals surface area contributed by atoms with Crippen molar-refractivity contribution in [1.29, 1.82) is 0 Å². The summed E-state index contributed by atoms with van der Waals surface area (Å²) in [5, 5.41) is 10.0. The molecule has 0 N–H and O–H groups in total. The minimum atomic E-state index is 1.08. The molecule has 0 unspecified atom stereocenters. The van der Waals surface area contributed by atoms with Gasteiger partial charge >= 0.3 is 0 Å². The maximum atomic E-state index is 2.49.